The predicted molar refractivity (Wildman–Crippen MR) is 82.3 cm³/mol. The van der Waals surface area contributed by atoms with Crippen molar-refractivity contribution in [3.63, 3.8) is 0 Å². The van der Waals surface area contributed by atoms with Gasteiger partial charge in [0.25, 0.3) is 0 Å². The van der Waals surface area contributed by atoms with Crippen LogP contribution in [0.15, 0.2) is 27.6 Å². The highest BCUT2D eigenvalue weighted by atomic mass is 79.9. The number of benzene rings is 1. The van der Waals surface area contributed by atoms with Crippen molar-refractivity contribution in [3.8, 4) is 0 Å². The lowest BCUT2D eigenvalue weighted by Crippen LogP contribution is -2.33. The third-order valence-corrected chi connectivity index (χ3v) is 6.15. The Kier molecular flexibility index (Phi) is 5.48. The Balaban J connectivity index is 2.01. The van der Waals surface area contributed by atoms with Crippen LogP contribution in [-0.2, 0) is 10.0 Å². The third kappa shape index (κ3) is 4.18. The topological polar surface area (TPSA) is 66.4 Å². The first-order valence-corrected chi connectivity index (χ1v) is 9.16. The average Bonchev–Trinajstić information content (AvgIpc) is 2.40. The van der Waals surface area contributed by atoms with Gasteiger partial charge in [-0.15, -0.1) is 0 Å². The van der Waals surface area contributed by atoms with Gasteiger partial charge in [0, 0.05) is 11.0 Å². The van der Waals surface area contributed by atoms with Crippen LogP contribution in [0.4, 0.5) is 0 Å². The van der Waals surface area contributed by atoms with Crippen LogP contribution in [-0.4, -0.2) is 26.2 Å². The quantitative estimate of drug-likeness (QED) is 0.841. The fourth-order valence-electron chi connectivity index (χ4n) is 2.40. The molecule has 2 atom stereocenters. The molecule has 1 aromatic rings. The molecular weight excluding hydrogens is 366 g/mol. The summed E-state index contributed by atoms with van der Waals surface area (Å²) in [7, 11) is -3.54. The van der Waals surface area contributed by atoms with E-state index < -0.39 is 10.0 Å². The molecule has 2 unspecified atom stereocenters. The fraction of sp³-hybridized carbons (Fsp3) is 0.538. The summed E-state index contributed by atoms with van der Waals surface area (Å²) in [5.41, 5.74) is 0. The molecular formula is C13H17BrClNO3S. The van der Waals surface area contributed by atoms with Crippen molar-refractivity contribution in [2.75, 3.05) is 6.54 Å². The monoisotopic (exact) mass is 381 g/mol. The van der Waals surface area contributed by atoms with E-state index >= 15 is 0 Å². The number of halogens is 2. The first-order valence-electron chi connectivity index (χ1n) is 6.51. The number of hydrogen-bond donors (Lipinski definition) is 2. The molecule has 2 rings (SSSR count). The maximum Gasteiger partial charge on any atom is 0.240 e. The normalized spacial score (nSPS) is 23.8. The molecule has 1 aromatic carbocycles. The van der Waals surface area contributed by atoms with Crippen molar-refractivity contribution in [2.45, 2.75) is 36.7 Å². The second-order valence-corrected chi connectivity index (χ2v) is 8.14. The van der Waals surface area contributed by atoms with E-state index in [1.807, 2.05) is 0 Å². The molecule has 7 heteroatoms. The molecule has 0 saturated heterocycles. The maximum atomic E-state index is 12.2. The summed E-state index contributed by atoms with van der Waals surface area (Å²) in [4.78, 5) is 0.185. The number of sulfonamides is 1. The molecule has 0 radical (unpaired) electrons. The Morgan fingerprint density at radius 3 is 2.80 bits per heavy atom. The van der Waals surface area contributed by atoms with Gasteiger partial charge in [0.15, 0.2) is 0 Å². The molecule has 112 valence electrons. The van der Waals surface area contributed by atoms with E-state index in [-0.39, 0.29) is 16.9 Å². The van der Waals surface area contributed by atoms with Gasteiger partial charge in [-0.2, -0.15) is 0 Å². The van der Waals surface area contributed by atoms with E-state index in [2.05, 4.69) is 20.7 Å². The van der Waals surface area contributed by atoms with Gasteiger partial charge < -0.3 is 5.11 Å². The third-order valence-electron chi connectivity index (χ3n) is 3.52. The minimum atomic E-state index is -3.54. The van der Waals surface area contributed by atoms with Crippen molar-refractivity contribution < 1.29 is 13.5 Å². The van der Waals surface area contributed by atoms with Gasteiger partial charge >= 0.3 is 0 Å². The number of aliphatic hydroxyl groups excluding tert-OH is 1. The standard InChI is InChI=1S/C13H17BrClNO3S/c14-12-7-11(4-5-13(12)15)20(18,19)16-8-9-2-1-3-10(17)6-9/h4-5,7,9-10,16-17H,1-3,6,8H2. The number of rotatable bonds is 4. The molecule has 2 N–H and O–H groups in total. The van der Waals surface area contributed by atoms with Crippen molar-refractivity contribution in [2.24, 2.45) is 5.92 Å². The van der Waals surface area contributed by atoms with Crippen LogP contribution in [0.2, 0.25) is 5.02 Å². The second-order valence-electron chi connectivity index (χ2n) is 5.11. The molecule has 1 aliphatic rings. The van der Waals surface area contributed by atoms with E-state index in [9.17, 15) is 13.5 Å². The van der Waals surface area contributed by atoms with Crippen molar-refractivity contribution in [1.82, 2.24) is 4.72 Å². The van der Waals surface area contributed by atoms with Gasteiger partial charge in [-0.25, -0.2) is 13.1 Å². The highest BCUT2D eigenvalue weighted by Crippen LogP contribution is 2.26. The lowest BCUT2D eigenvalue weighted by atomic mass is 9.87. The minimum absolute atomic E-state index is 0.185. The molecule has 0 aromatic heterocycles. The Morgan fingerprint density at radius 2 is 2.15 bits per heavy atom. The molecule has 0 amide bonds. The molecule has 1 aliphatic carbocycles. The smallest absolute Gasteiger partial charge is 0.240 e. The van der Waals surface area contributed by atoms with Gasteiger partial charge in [0.1, 0.15) is 0 Å². The van der Waals surface area contributed by atoms with Crippen LogP contribution >= 0.6 is 27.5 Å². The molecule has 1 fully saturated rings. The summed E-state index contributed by atoms with van der Waals surface area (Å²) in [6.45, 7) is 0.361. The van der Waals surface area contributed by atoms with Crippen LogP contribution < -0.4 is 4.72 Å². The molecule has 4 nitrogen and oxygen atoms in total. The predicted octanol–water partition coefficient (Wildman–Crippen LogP) is 2.93. The Bertz CT molecular complexity index is 579. The largest absolute Gasteiger partial charge is 0.393 e. The first-order chi connectivity index (χ1) is 9.38. The lowest BCUT2D eigenvalue weighted by Gasteiger charge is -2.25. The van der Waals surface area contributed by atoms with Crippen LogP contribution in [0.1, 0.15) is 25.7 Å². The summed E-state index contributed by atoms with van der Waals surface area (Å²) in [6.07, 6.45) is 3.06. The molecule has 1 saturated carbocycles. The Labute approximate surface area is 132 Å². The molecule has 0 spiro atoms. The molecule has 0 heterocycles. The number of nitrogens with one attached hydrogen (secondary N) is 1. The van der Waals surface area contributed by atoms with Gasteiger partial charge in [-0.3, -0.25) is 0 Å². The van der Waals surface area contributed by atoms with E-state index in [0.717, 1.165) is 19.3 Å². The van der Waals surface area contributed by atoms with Crippen LogP contribution in [0.5, 0.6) is 0 Å². The van der Waals surface area contributed by atoms with Gasteiger partial charge in [-0.05, 0) is 59.3 Å². The molecule has 20 heavy (non-hydrogen) atoms. The molecule has 0 aliphatic heterocycles. The van der Waals surface area contributed by atoms with Crippen LogP contribution in [0, 0.1) is 5.92 Å². The van der Waals surface area contributed by atoms with Gasteiger partial charge in [0.05, 0.1) is 16.0 Å². The first kappa shape index (κ1) is 16.2. The maximum absolute atomic E-state index is 12.2. The minimum Gasteiger partial charge on any atom is -0.393 e. The highest BCUT2D eigenvalue weighted by molar-refractivity contribution is 9.10. The summed E-state index contributed by atoms with van der Waals surface area (Å²) < 4.78 is 27.5. The fourth-order valence-corrected chi connectivity index (χ4v) is 4.19. The Hall–Kier alpha value is -0.140. The Morgan fingerprint density at radius 1 is 1.40 bits per heavy atom. The van der Waals surface area contributed by atoms with Crippen LogP contribution in [0.3, 0.4) is 0 Å². The summed E-state index contributed by atoms with van der Waals surface area (Å²) in [5, 5.41) is 10.1. The van der Waals surface area contributed by atoms with Crippen molar-refractivity contribution >= 4 is 37.6 Å². The number of aliphatic hydroxyl groups is 1. The van der Waals surface area contributed by atoms with E-state index in [4.69, 9.17) is 11.6 Å². The summed E-state index contributed by atoms with van der Waals surface area (Å²) in [5.74, 6) is 0.198. The highest BCUT2D eigenvalue weighted by Gasteiger charge is 2.23. The zero-order valence-corrected chi connectivity index (χ0v) is 14.0. The summed E-state index contributed by atoms with van der Waals surface area (Å²) in [6, 6.07) is 4.51. The van der Waals surface area contributed by atoms with E-state index in [0.29, 0.717) is 22.5 Å². The molecule has 0 bridgehead atoms. The SMILES string of the molecule is O=S(=O)(NCC1CCCC(O)C1)c1ccc(Cl)c(Br)c1. The van der Waals surface area contributed by atoms with Crippen molar-refractivity contribution in [1.29, 1.82) is 0 Å². The second kappa shape index (κ2) is 6.75. The lowest BCUT2D eigenvalue weighted by molar-refractivity contribution is 0.102. The zero-order chi connectivity index (χ0) is 14.8. The zero-order valence-electron chi connectivity index (χ0n) is 10.9. The van der Waals surface area contributed by atoms with Crippen LogP contribution in [0.25, 0.3) is 0 Å². The average molecular weight is 383 g/mol. The number of hydrogen-bond acceptors (Lipinski definition) is 3. The van der Waals surface area contributed by atoms with Gasteiger partial charge in [-0.1, -0.05) is 18.0 Å². The van der Waals surface area contributed by atoms with E-state index in [1.54, 1.807) is 6.07 Å². The van der Waals surface area contributed by atoms with Crippen molar-refractivity contribution in [3.05, 3.63) is 27.7 Å². The summed E-state index contributed by atoms with van der Waals surface area (Å²) >= 11 is 9.07. The van der Waals surface area contributed by atoms with E-state index in [1.165, 1.54) is 12.1 Å². The van der Waals surface area contributed by atoms with Gasteiger partial charge in [0.2, 0.25) is 10.0 Å².